The lowest BCUT2D eigenvalue weighted by Crippen LogP contribution is -2.26. The Morgan fingerprint density at radius 2 is 1.68 bits per heavy atom. The first-order chi connectivity index (χ1) is 9.36. The Hall–Kier alpha value is -1.90. The molecule has 0 bridgehead atoms. The molecule has 1 aliphatic rings. The van der Waals surface area contributed by atoms with Crippen molar-refractivity contribution in [2.24, 2.45) is 0 Å². The van der Waals surface area contributed by atoms with Crippen molar-refractivity contribution in [1.82, 2.24) is 9.97 Å². The summed E-state index contributed by atoms with van der Waals surface area (Å²) in [6, 6.07) is 8.24. The zero-order valence-corrected chi connectivity index (χ0v) is 11.9. The van der Waals surface area contributed by atoms with Gasteiger partial charge in [0.05, 0.1) is 0 Å². The monoisotopic (exact) mass is 255 g/mol. The normalized spacial score (nSPS) is 13.3. The summed E-state index contributed by atoms with van der Waals surface area (Å²) in [4.78, 5) is 11.2. The van der Waals surface area contributed by atoms with Gasteiger partial charge >= 0.3 is 0 Å². The van der Waals surface area contributed by atoms with Crippen molar-refractivity contribution < 1.29 is 0 Å². The lowest BCUT2D eigenvalue weighted by molar-refractivity contribution is 0.744. The highest BCUT2D eigenvalue weighted by Crippen LogP contribution is 2.31. The molecule has 0 aliphatic carbocycles. The van der Waals surface area contributed by atoms with Crippen LogP contribution >= 0.6 is 0 Å². The molecule has 0 spiro atoms. The summed E-state index contributed by atoms with van der Waals surface area (Å²) in [5.41, 5.74) is 2.52. The van der Waals surface area contributed by atoms with E-state index in [2.05, 4.69) is 33.9 Å². The molecule has 100 valence electrons. The van der Waals surface area contributed by atoms with Gasteiger partial charge in [-0.1, -0.05) is 26.0 Å². The van der Waals surface area contributed by atoms with E-state index in [9.17, 15) is 0 Å². The Morgan fingerprint density at radius 1 is 1.00 bits per heavy atom. The van der Waals surface area contributed by atoms with Gasteiger partial charge in [-0.2, -0.15) is 0 Å². The molecule has 19 heavy (non-hydrogen) atoms. The van der Waals surface area contributed by atoms with Gasteiger partial charge in [-0.05, 0) is 43.0 Å². The van der Waals surface area contributed by atoms with E-state index in [1.54, 1.807) is 0 Å². The topological polar surface area (TPSA) is 29.0 Å². The number of hydrogen-bond donors (Lipinski definition) is 0. The largest absolute Gasteiger partial charge is 0.311 e. The van der Waals surface area contributed by atoms with Crippen LogP contribution in [0.2, 0.25) is 0 Å². The maximum Gasteiger partial charge on any atom is 0.137 e. The highest BCUT2D eigenvalue weighted by Gasteiger charge is 2.20. The lowest BCUT2D eigenvalue weighted by Gasteiger charge is -2.29. The van der Waals surface area contributed by atoms with Crippen LogP contribution in [-0.2, 0) is 6.42 Å². The molecule has 0 aromatic carbocycles. The zero-order chi connectivity index (χ0) is 13.7. The maximum absolute atomic E-state index is 4.50. The minimum atomic E-state index is 1.00. The van der Waals surface area contributed by atoms with E-state index in [0.717, 1.165) is 31.0 Å². The van der Waals surface area contributed by atoms with Gasteiger partial charge in [0.25, 0.3) is 0 Å². The van der Waals surface area contributed by atoms with Crippen molar-refractivity contribution in [3.8, 4) is 0 Å². The smallest absolute Gasteiger partial charge is 0.137 e. The molecule has 2 aromatic rings. The molecule has 0 radical (unpaired) electrons. The minimum absolute atomic E-state index is 1.00. The molecule has 0 N–H and O–H groups in total. The third-order valence-corrected chi connectivity index (χ3v) is 3.19. The van der Waals surface area contributed by atoms with Crippen molar-refractivity contribution >= 4 is 11.6 Å². The maximum atomic E-state index is 4.50. The number of rotatable bonds is 1. The predicted octanol–water partition coefficient (Wildman–Crippen LogP) is 3.90. The van der Waals surface area contributed by atoms with E-state index in [1.165, 1.54) is 11.1 Å². The molecule has 1 aliphatic heterocycles. The van der Waals surface area contributed by atoms with Crippen LogP contribution in [-0.4, -0.2) is 16.5 Å². The molecule has 3 heterocycles. The zero-order valence-electron chi connectivity index (χ0n) is 11.9. The second kappa shape index (κ2) is 6.32. The summed E-state index contributed by atoms with van der Waals surface area (Å²) >= 11 is 0. The van der Waals surface area contributed by atoms with Gasteiger partial charge in [0.15, 0.2) is 0 Å². The fourth-order valence-corrected chi connectivity index (χ4v) is 2.37. The van der Waals surface area contributed by atoms with E-state index in [1.807, 2.05) is 38.4 Å². The van der Waals surface area contributed by atoms with Crippen molar-refractivity contribution in [2.45, 2.75) is 33.6 Å². The van der Waals surface area contributed by atoms with Crippen molar-refractivity contribution in [3.63, 3.8) is 0 Å². The van der Waals surface area contributed by atoms with Gasteiger partial charge in [-0.15, -0.1) is 0 Å². The number of anilines is 2. The van der Waals surface area contributed by atoms with Crippen LogP contribution in [0.5, 0.6) is 0 Å². The minimum Gasteiger partial charge on any atom is -0.311 e. The van der Waals surface area contributed by atoms with Gasteiger partial charge in [0.2, 0.25) is 0 Å². The van der Waals surface area contributed by atoms with Gasteiger partial charge in [-0.25, -0.2) is 9.97 Å². The molecule has 2 aromatic heterocycles. The van der Waals surface area contributed by atoms with Gasteiger partial charge in [-0.3, -0.25) is 0 Å². The van der Waals surface area contributed by atoms with Crippen LogP contribution in [0.3, 0.4) is 0 Å². The summed E-state index contributed by atoms with van der Waals surface area (Å²) in [6.45, 7) is 7.10. The Morgan fingerprint density at radius 3 is 2.42 bits per heavy atom. The van der Waals surface area contributed by atoms with Crippen LogP contribution < -0.4 is 4.90 Å². The van der Waals surface area contributed by atoms with E-state index >= 15 is 0 Å². The fourth-order valence-electron chi connectivity index (χ4n) is 2.37. The fraction of sp³-hybridized carbons (Fsp3) is 0.375. The second-order valence-electron chi connectivity index (χ2n) is 4.39. The van der Waals surface area contributed by atoms with Crippen LogP contribution in [0.4, 0.5) is 11.6 Å². The first kappa shape index (κ1) is 13.5. The highest BCUT2D eigenvalue weighted by atomic mass is 15.2. The molecule has 0 amide bonds. The Labute approximate surface area is 115 Å². The molecule has 0 fully saturated rings. The molecule has 0 unspecified atom stereocenters. The molecule has 0 saturated carbocycles. The molecule has 0 saturated heterocycles. The molecule has 0 atom stereocenters. The van der Waals surface area contributed by atoms with Crippen LogP contribution in [0.1, 0.15) is 31.4 Å². The van der Waals surface area contributed by atoms with Crippen molar-refractivity contribution in [3.05, 3.63) is 47.8 Å². The predicted molar refractivity (Wildman–Crippen MR) is 79.9 cm³/mol. The Kier molecular flexibility index (Phi) is 4.50. The standard InChI is InChI=1S/C14H15N3.C2H6/c1-11-5-2-8-15-13(11)17-10-4-7-12-6-3-9-16-14(12)17;1-2/h2-3,5-6,8-9H,4,7,10H2,1H3;1-2H3. The number of nitrogens with zero attached hydrogens (tertiary/aromatic N) is 3. The van der Waals surface area contributed by atoms with Crippen molar-refractivity contribution in [2.75, 3.05) is 11.4 Å². The second-order valence-corrected chi connectivity index (χ2v) is 4.39. The molecular weight excluding hydrogens is 234 g/mol. The van der Waals surface area contributed by atoms with E-state index < -0.39 is 0 Å². The average molecular weight is 255 g/mol. The first-order valence-corrected chi connectivity index (χ1v) is 6.99. The number of pyridine rings is 2. The van der Waals surface area contributed by atoms with Gasteiger partial charge in [0, 0.05) is 18.9 Å². The number of fused-ring (bicyclic) bond motifs is 1. The number of aryl methyl sites for hydroxylation is 2. The quantitative estimate of drug-likeness (QED) is 0.774. The highest BCUT2D eigenvalue weighted by molar-refractivity contribution is 5.63. The lowest BCUT2D eigenvalue weighted by atomic mass is 10.1. The molecule has 3 rings (SSSR count). The third-order valence-electron chi connectivity index (χ3n) is 3.19. The first-order valence-electron chi connectivity index (χ1n) is 6.99. The third kappa shape index (κ3) is 2.75. The molecule has 3 heteroatoms. The Bertz CT molecular complexity index is 537. The van der Waals surface area contributed by atoms with Gasteiger partial charge < -0.3 is 4.90 Å². The number of aromatic nitrogens is 2. The average Bonchev–Trinajstić information content (AvgIpc) is 2.49. The molecule has 3 nitrogen and oxygen atoms in total. The van der Waals surface area contributed by atoms with E-state index in [0.29, 0.717) is 0 Å². The van der Waals surface area contributed by atoms with Crippen LogP contribution in [0, 0.1) is 6.92 Å². The number of hydrogen-bond acceptors (Lipinski definition) is 3. The summed E-state index contributed by atoms with van der Waals surface area (Å²) < 4.78 is 0. The summed E-state index contributed by atoms with van der Waals surface area (Å²) in [5, 5.41) is 0. The van der Waals surface area contributed by atoms with E-state index in [4.69, 9.17) is 0 Å². The SMILES string of the molecule is CC.Cc1cccnc1N1CCCc2cccnc21. The summed E-state index contributed by atoms with van der Waals surface area (Å²) in [6.07, 6.45) is 5.98. The van der Waals surface area contributed by atoms with Gasteiger partial charge in [0.1, 0.15) is 11.6 Å². The summed E-state index contributed by atoms with van der Waals surface area (Å²) in [5.74, 6) is 2.10. The van der Waals surface area contributed by atoms with Crippen molar-refractivity contribution in [1.29, 1.82) is 0 Å². The Balaban J connectivity index is 0.000000637. The van der Waals surface area contributed by atoms with Crippen LogP contribution in [0.15, 0.2) is 36.7 Å². The van der Waals surface area contributed by atoms with E-state index in [-0.39, 0.29) is 0 Å². The summed E-state index contributed by atoms with van der Waals surface area (Å²) in [7, 11) is 0. The molecular formula is C16H21N3. The van der Waals surface area contributed by atoms with Crippen LogP contribution in [0.25, 0.3) is 0 Å².